The number of methoxy groups -OCH3 is 1. The monoisotopic (exact) mass is 466 g/mol. The molecule has 0 radical (unpaired) electrons. The van der Waals surface area contributed by atoms with Gasteiger partial charge in [0.2, 0.25) is 5.91 Å². The molecule has 4 heterocycles. The second-order valence-electron chi connectivity index (χ2n) is 7.84. The first kappa shape index (κ1) is 21.4. The fraction of sp³-hybridized carbons (Fsp3) is 0.304. The van der Waals surface area contributed by atoms with Gasteiger partial charge in [-0.15, -0.1) is 11.3 Å². The molecule has 1 atom stereocenters. The van der Waals surface area contributed by atoms with E-state index in [1.165, 1.54) is 20.5 Å². The largest absolute Gasteiger partial charge is 0.497 e. The van der Waals surface area contributed by atoms with Gasteiger partial charge in [-0.1, -0.05) is 6.07 Å². The molecule has 5 rings (SSSR count). The molecule has 10 heteroatoms. The number of ether oxygens (including phenoxy) is 2. The van der Waals surface area contributed by atoms with Gasteiger partial charge in [0.1, 0.15) is 21.8 Å². The number of nitrogens with zero attached hydrogens (tertiary/aromatic N) is 3. The molecule has 0 bridgehead atoms. The number of fused-ring (bicyclic) bond motifs is 3. The summed E-state index contributed by atoms with van der Waals surface area (Å²) in [7, 11) is 1.55. The third-order valence-corrected chi connectivity index (χ3v) is 6.77. The van der Waals surface area contributed by atoms with Crippen LogP contribution in [-0.4, -0.2) is 39.8 Å². The zero-order chi connectivity index (χ0) is 22.9. The molecular formula is C23H22N4O5S. The number of aromatic nitrogens is 3. The van der Waals surface area contributed by atoms with Crippen LogP contribution in [0.25, 0.3) is 20.4 Å². The number of carbonyl (C=O) groups excluding carboxylic acids is 1. The van der Waals surface area contributed by atoms with Crippen LogP contribution in [0.3, 0.4) is 0 Å². The summed E-state index contributed by atoms with van der Waals surface area (Å²) in [5, 5.41) is 3.47. The van der Waals surface area contributed by atoms with Crippen molar-refractivity contribution in [3.63, 3.8) is 0 Å². The van der Waals surface area contributed by atoms with Crippen LogP contribution >= 0.6 is 11.3 Å². The Morgan fingerprint density at radius 1 is 1.27 bits per heavy atom. The van der Waals surface area contributed by atoms with Gasteiger partial charge in [0.15, 0.2) is 0 Å². The van der Waals surface area contributed by atoms with Crippen molar-refractivity contribution >= 4 is 43.4 Å². The molecule has 0 aliphatic carbocycles. The van der Waals surface area contributed by atoms with Gasteiger partial charge in [0.05, 0.1) is 25.3 Å². The fourth-order valence-electron chi connectivity index (χ4n) is 4.13. The van der Waals surface area contributed by atoms with Crippen molar-refractivity contribution in [2.45, 2.75) is 32.0 Å². The van der Waals surface area contributed by atoms with E-state index in [1.54, 1.807) is 49.7 Å². The second kappa shape index (κ2) is 8.80. The highest BCUT2D eigenvalue weighted by Crippen LogP contribution is 2.29. The van der Waals surface area contributed by atoms with Crippen LogP contribution in [0.1, 0.15) is 12.8 Å². The molecule has 0 spiro atoms. The van der Waals surface area contributed by atoms with Crippen molar-refractivity contribution in [1.29, 1.82) is 0 Å². The predicted molar refractivity (Wildman–Crippen MR) is 126 cm³/mol. The highest BCUT2D eigenvalue weighted by atomic mass is 32.1. The molecule has 9 nitrogen and oxygen atoms in total. The Morgan fingerprint density at radius 2 is 2.15 bits per heavy atom. The molecular weight excluding hydrogens is 444 g/mol. The Bertz CT molecular complexity index is 1470. The van der Waals surface area contributed by atoms with Gasteiger partial charge >= 0.3 is 5.69 Å². The summed E-state index contributed by atoms with van der Waals surface area (Å²) in [5.41, 5.74) is 0.0703. The third kappa shape index (κ3) is 4.03. The number of benzene rings is 1. The number of nitrogens with one attached hydrogen (secondary N) is 1. The third-order valence-electron chi connectivity index (χ3n) is 5.68. The standard InChI is InChI=1S/C23H22N4O5S/c1-31-15-6-2-5-14(11-15)25-18(28)13-26-19-17-8-3-9-24-21(17)33-20(19)22(29)27(23(26)30)12-16-7-4-10-32-16/h2-3,5-6,8-9,11,16H,4,7,10,12-13H2,1H3,(H,25,28)/t16-/m0/s1. The van der Waals surface area contributed by atoms with Gasteiger partial charge in [-0.2, -0.15) is 0 Å². The van der Waals surface area contributed by atoms with Crippen LogP contribution < -0.4 is 21.3 Å². The smallest absolute Gasteiger partial charge is 0.332 e. The molecule has 1 fully saturated rings. The van der Waals surface area contributed by atoms with Crippen molar-refractivity contribution in [2.24, 2.45) is 0 Å². The molecule has 3 aromatic heterocycles. The van der Waals surface area contributed by atoms with Crippen LogP contribution in [0.2, 0.25) is 0 Å². The summed E-state index contributed by atoms with van der Waals surface area (Å²) in [5.74, 6) is 0.213. The van der Waals surface area contributed by atoms with Crippen molar-refractivity contribution < 1.29 is 14.3 Å². The zero-order valence-corrected chi connectivity index (χ0v) is 18.8. The lowest BCUT2D eigenvalue weighted by atomic mass is 10.2. The summed E-state index contributed by atoms with van der Waals surface area (Å²) in [6.07, 6.45) is 3.12. The number of hydrogen-bond donors (Lipinski definition) is 1. The van der Waals surface area contributed by atoms with Crippen LogP contribution in [0, 0.1) is 0 Å². The minimum absolute atomic E-state index is 0.160. The normalized spacial score (nSPS) is 15.8. The Balaban J connectivity index is 1.60. The van der Waals surface area contributed by atoms with E-state index >= 15 is 0 Å². The molecule has 170 valence electrons. The Kier molecular flexibility index (Phi) is 5.69. The van der Waals surface area contributed by atoms with E-state index in [9.17, 15) is 14.4 Å². The van der Waals surface area contributed by atoms with E-state index < -0.39 is 11.6 Å². The van der Waals surface area contributed by atoms with Crippen molar-refractivity contribution in [3.05, 3.63) is 63.4 Å². The SMILES string of the molecule is COc1cccc(NC(=O)Cn2c(=O)n(C[C@@H]3CCCO3)c(=O)c3sc4ncccc4c32)c1. The van der Waals surface area contributed by atoms with Gasteiger partial charge in [-0.25, -0.2) is 9.78 Å². The number of carbonyl (C=O) groups is 1. The Labute approximate surface area is 192 Å². The van der Waals surface area contributed by atoms with Crippen LogP contribution in [0.4, 0.5) is 5.69 Å². The first-order chi connectivity index (χ1) is 16.0. The molecule has 1 amide bonds. The topological polar surface area (TPSA) is 104 Å². The lowest BCUT2D eigenvalue weighted by Gasteiger charge is -2.15. The van der Waals surface area contributed by atoms with E-state index in [1.807, 2.05) is 0 Å². The van der Waals surface area contributed by atoms with Gasteiger partial charge in [-0.3, -0.25) is 18.7 Å². The zero-order valence-electron chi connectivity index (χ0n) is 17.9. The van der Waals surface area contributed by atoms with Gasteiger partial charge in [-0.05, 0) is 37.1 Å². The molecule has 1 N–H and O–H groups in total. The molecule has 1 aliphatic heterocycles. The maximum Gasteiger partial charge on any atom is 0.332 e. The summed E-state index contributed by atoms with van der Waals surface area (Å²) >= 11 is 1.23. The molecule has 4 aromatic rings. The Morgan fingerprint density at radius 3 is 2.94 bits per heavy atom. The van der Waals surface area contributed by atoms with E-state index in [4.69, 9.17) is 9.47 Å². The fourth-order valence-corrected chi connectivity index (χ4v) is 5.22. The lowest BCUT2D eigenvalue weighted by Crippen LogP contribution is -2.43. The number of pyridine rings is 1. The number of hydrogen-bond acceptors (Lipinski definition) is 7. The van der Waals surface area contributed by atoms with E-state index in [-0.39, 0.29) is 24.8 Å². The molecule has 1 saturated heterocycles. The lowest BCUT2D eigenvalue weighted by molar-refractivity contribution is -0.116. The van der Waals surface area contributed by atoms with E-state index in [0.29, 0.717) is 38.5 Å². The highest BCUT2D eigenvalue weighted by molar-refractivity contribution is 7.25. The van der Waals surface area contributed by atoms with E-state index in [0.717, 1.165) is 12.8 Å². The number of thiophene rings is 1. The van der Waals surface area contributed by atoms with Gasteiger partial charge < -0.3 is 14.8 Å². The quantitative estimate of drug-likeness (QED) is 0.468. The number of anilines is 1. The van der Waals surface area contributed by atoms with Crippen molar-refractivity contribution in [3.8, 4) is 5.75 Å². The minimum atomic E-state index is -0.535. The molecule has 33 heavy (non-hydrogen) atoms. The summed E-state index contributed by atoms with van der Waals surface area (Å²) < 4.78 is 13.8. The van der Waals surface area contributed by atoms with Crippen LogP contribution in [0.5, 0.6) is 5.75 Å². The molecule has 1 aliphatic rings. The highest BCUT2D eigenvalue weighted by Gasteiger charge is 2.24. The summed E-state index contributed by atoms with van der Waals surface area (Å²) in [6, 6.07) is 10.5. The van der Waals surface area contributed by atoms with Crippen LogP contribution in [0.15, 0.2) is 52.2 Å². The van der Waals surface area contributed by atoms with Crippen molar-refractivity contribution in [1.82, 2.24) is 14.1 Å². The van der Waals surface area contributed by atoms with Crippen LogP contribution in [-0.2, 0) is 22.6 Å². The first-order valence-electron chi connectivity index (χ1n) is 10.6. The average molecular weight is 467 g/mol. The van der Waals surface area contributed by atoms with Crippen molar-refractivity contribution in [2.75, 3.05) is 19.0 Å². The van der Waals surface area contributed by atoms with Gasteiger partial charge in [0, 0.05) is 29.9 Å². The number of amides is 1. The summed E-state index contributed by atoms with van der Waals surface area (Å²) in [6.45, 7) is 0.525. The van der Waals surface area contributed by atoms with Gasteiger partial charge in [0.25, 0.3) is 5.56 Å². The minimum Gasteiger partial charge on any atom is -0.497 e. The first-order valence-corrected chi connectivity index (χ1v) is 11.4. The molecule has 1 aromatic carbocycles. The summed E-state index contributed by atoms with van der Waals surface area (Å²) in [4.78, 5) is 44.7. The predicted octanol–water partition coefficient (Wildman–Crippen LogP) is 2.60. The number of rotatable bonds is 6. The molecule has 0 unspecified atom stereocenters. The second-order valence-corrected chi connectivity index (χ2v) is 8.83. The molecule has 0 saturated carbocycles. The Hall–Kier alpha value is -3.50. The maximum atomic E-state index is 13.5. The van der Waals surface area contributed by atoms with E-state index in [2.05, 4.69) is 10.3 Å². The maximum absolute atomic E-state index is 13.5. The average Bonchev–Trinajstić information content (AvgIpc) is 3.47.